The third-order valence-electron chi connectivity index (χ3n) is 4.80. The minimum Gasteiger partial charge on any atom is -0.490 e. The molecule has 154 valence electrons. The smallest absolute Gasteiger partial charge is 0.323 e. The van der Waals surface area contributed by atoms with Gasteiger partial charge >= 0.3 is 5.97 Å². The normalized spacial score (nSPS) is 16.9. The third-order valence-corrected chi connectivity index (χ3v) is 4.80. The Bertz CT molecular complexity index is 693. The van der Waals surface area contributed by atoms with Crippen molar-refractivity contribution in [3.05, 3.63) is 29.8 Å². The first-order chi connectivity index (χ1) is 13.4. The number of hydrogen-bond acceptors (Lipinski definition) is 5. The van der Waals surface area contributed by atoms with Gasteiger partial charge in [0.05, 0.1) is 12.2 Å². The number of amides is 2. The Labute approximate surface area is 165 Å². The number of carbonyl (C=O) groups excluding carboxylic acids is 2. The number of aliphatic carboxylic acids is 1. The maximum atomic E-state index is 13.0. The number of carboxylic acid groups (broad SMARTS) is 1. The highest BCUT2D eigenvalue weighted by atomic mass is 16.5. The van der Waals surface area contributed by atoms with Crippen molar-refractivity contribution in [1.82, 2.24) is 9.80 Å². The van der Waals surface area contributed by atoms with Crippen LogP contribution in [0.15, 0.2) is 24.3 Å². The topological polar surface area (TPSA) is 96.4 Å². The molecule has 0 aromatic heterocycles. The maximum Gasteiger partial charge on any atom is 0.323 e. The number of likely N-dealkylation sites (tertiary alicyclic amines) is 1. The van der Waals surface area contributed by atoms with Crippen molar-refractivity contribution >= 4 is 17.8 Å². The second-order valence-corrected chi connectivity index (χ2v) is 6.76. The Morgan fingerprint density at radius 1 is 1.18 bits per heavy atom. The van der Waals surface area contributed by atoms with Crippen molar-refractivity contribution in [2.45, 2.75) is 32.2 Å². The molecular weight excluding hydrogens is 364 g/mol. The van der Waals surface area contributed by atoms with Crippen LogP contribution in [0, 0.1) is 0 Å². The zero-order valence-corrected chi connectivity index (χ0v) is 16.4. The molecule has 8 nitrogen and oxygen atoms in total. The van der Waals surface area contributed by atoms with Crippen LogP contribution in [-0.4, -0.2) is 78.7 Å². The molecule has 1 saturated heterocycles. The van der Waals surface area contributed by atoms with Gasteiger partial charge in [-0.15, -0.1) is 0 Å². The lowest BCUT2D eigenvalue weighted by Gasteiger charge is -2.29. The summed E-state index contributed by atoms with van der Waals surface area (Å²) in [7, 11) is 1.59. The molecule has 8 heteroatoms. The Hall–Kier alpha value is -2.61. The molecular formula is C20H28N2O6. The number of ether oxygens (including phenoxy) is 2. The highest BCUT2D eigenvalue weighted by Gasteiger charge is 2.28. The molecule has 0 radical (unpaired) electrons. The summed E-state index contributed by atoms with van der Waals surface area (Å²) >= 11 is 0. The van der Waals surface area contributed by atoms with E-state index < -0.39 is 5.97 Å². The fourth-order valence-corrected chi connectivity index (χ4v) is 3.41. The van der Waals surface area contributed by atoms with E-state index in [1.165, 1.54) is 11.8 Å². The lowest BCUT2D eigenvalue weighted by Crippen LogP contribution is -2.43. The molecule has 28 heavy (non-hydrogen) atoms. The first kappa shape index (κ1) is 21.7. The van der Waals surface area contributed by atoms with Crippen molar-refractivity contribution in [1.29, 1.82) is 0 Å². The van der Waals surface area contributed by atoms with Gasteiger partial charge in [-0.3, -0.25) is 14.4 Å². The average molecular weight is 392 g/mol. The van der Waals surface area contributed by atoms with Crippen LogP contribution in [0.3, 0.4) is 0 Å². The predicted octanol–water partition coefficient (Wildman–Crippen LogP) is 1.64. The highest BCUT2D eigenvalue weighted by Crippen LogP contribution is 2.23. The Morgan fingerprint density at radius 3 is 2.61 bits per heavy atom. The first-order valence-electron chi connectivity index (χ1n) is 9.43. The molecule has 0 saturated carbocycles. The minimum atomic E-state index is -1.03. The lowest BCUT2D eigenvalue weighted by atomic mass is 10.1. The summed E-state index contributed by atoms with van der Waals surface area (Å²) < 4.78 is 10.6. The van der Waals surface area contributed by atoms with Gasteiger partial charge in [0, 0.05) is 33.2 Å². The first-order valence-corrected chi connectivity index (χ1v) is 9.43. The second-order valence-electron chi connectivity index (χ2n) is 6.76. The predicted molar refractivity (Wildman–Crippen MR) is 102 cm³/mol. The highest BCUT2D eigenvalue weighted by molar-refractivity contribution is 5.97. The van der Waals surface area contributed by atoms with Gasteiger partial charge in [-0.1, -0.05) is 12.1 Å². The SMILES string of the molecule is COCCOc1ccccc1C(=O)N1CCCC(N(CC(=O)O)C(C)=O)CC1. The van der Waals surface area contributed by atoms with Gasteiger partial charge in [-0.05, 0) is 31.4 Å². The van der Waals surface area contributed by atoms with Crippen molar-refractivity contribution < 1.29 is 29.0 Å². The Kier molecular flexibility index (Phi) is 8.25. The number of benzene rings is 1. The molecule has 1 heterocycles. The Balaban J connectivity index is 2.06. The monoisotopic (exact) mass is 392 g/mol. The van der Waals surface area contributed by atoms with Crippen LogP contribution in [0.1, 0.15) is 36.5 Å². The van der Waals surface area contributed by atoms with Crippen LogP contribution in [0.4, 0.5) is 0 Å². The number of hydrogen-bond donors (Lipinski definition) is 1. The van der Waals surface area contributed by atoms with E-state index in [1.54, 1.807) is 30.2 Å². The lowest BCUT2D eigenvalue weighted by molar-refractivity contribution is -0.145. The van der Waals surface area contributed by atoms with E-state index in [4.69, 9.17) is 14.6 Å². The van der Waals surface area contributed by atoms with Crippen LogP contribution < -0.4 is 4.74 Å². The van der Waals surface area contributed by atoms with Crippen LogP contribution >= 0.6 is 0 Å². The molecule has 1 N–H and O–H groups in total. The van der Waals surface area contributed by atoms with Crippen molar-refractivity contribution in [2.75, 3.05) is 40.0 Å². The molecule has 1 fully saturated rings. The molecule has 2 rings (SSSR count). The fraction of sp³-hybridized carbons (Fsp3) is 0.550. The Morgan fingerprint density at radius 2 is 1.93 bits per heavy atom. The summed E-state index contributed by atoms with van der Waals surface area (Å²) in [4.78, 5) is 39.1. The van der Waals surface area contributed by atoms with Gasteiger partial charge in [-0.2, -0.15) is 0 Å². The van der Waals surface area contributed by atoms with Gasteiger partial charge < -0.3 is 24.4 Å². The number of rotatable bonds is 8. The maximum absolute atomic E-state index is 13.0. The molecule has 1 aliphatic heterocycles. The standard InChI is InChI=1S/C20H28N2O6/c1-15(23)22(14-19(24)25)16-6-5-10-21(11-9-16)20(26)17-7-3-4-8-18(17)28-13-12-27-2/h3-4,7-8,16H,5-6,9-14H2,1-2H3,(H,24,25). The summed E-state index contributed by atoms with van der Waals surface area (Å²) in [5.41, 5.74) is 0.492. The number of carbonyl (C=O) groups is 3. The number of para-hydroxylation sites is 1. The van der Waals surface area contributed by atoms with E-state index in [9.17, 15) is 14.4 Å². The number of methoxy groups -OCH3 is 1. The molecule has 0 spiro atoms. The van der Waals surface area contributed by atoms with E-state index in [0.29, 0.717) is 56.9 Å². The third kappa shape index (κ3) is 5.95. The molecule has 1 aromatic rings. The van der Waals surface area contributed by atoms with Crippen molar-refractivity contribution in [3.8, 4) is 5.75 Å². The van der Waals surface area contributed by atoms with Crippen LogP contribution in [-0.2, 0) is 14.3 Å². The van der Waals surface area contributed by atoms with E-state index >= 15 is 0 Å². The van der Waals surface area contributed by atoms with Crippen LogP contribution in [0.25, 0.3) is 0 Å². The zero-order chi connectivity index (χ0) is 20.5. The van der Waals surface area contributed by atoms with E-state index in [2.05, 4.69) is 0 Å². The van der Waals surface area contributed by atoms with Crippen molar-refractivity contribution in [2.24, 2.45) is 0 Å². The molecule has 1 unspecified atom stereocenters. The van der Waals surface area contributed by atoms with Gasteiger partial charge in [0.1, 0.15) is 18.9 Å². The van der Waals surface area contributed by atoms with Crippen LogP contribution in [0.2, 0.25) is 0 Å². The molecule has 1 aromatic carbocycles. The molecule has 2 amide bonds. The summed E-state index contributed by atoms with van der Waals surface area (Å²) in [6.07, 6.45) is 1.92. The van der Waals surface area contributed by atoms with Crippen molar-refractivity contribution in [3.63, 3.8) is 0 Å². The summed E-state index contributed by atoms with van der Waals surface area (Å²) in [6, 6.07) is 6.92. The quantitative estimate of drug-likeness (QED) is 0.676. The van der Waals surface area contributed by atoms with Gasteiger partial charge in [-0.25, -0.2) is 0 Å². The summed E-state index contributed by atoms with van der Waals surface area (Å²) in [5.74, 6) is -0.901. The second kappa shape index (κ2) is 10.7. The van der Waals surface area contributed by atoms with Gasteiger partial charge in [0.25, 0.3) is 5.91 Å². The fourth-order valence-electron chi connectivity index (χ4n) is 3.41. The summed E-state index contributed by atoms with van der Waals surface area (Å²) in [5, 5.41) is 9.06. The van der Waals surface area contributed by atoms with E-state index in [1.807, 2.05) is 6.07 Å². The molecule has 0 aliphatic carbocycles. The van der Waals surface area contributed by atoms with Crippen LogP contribution in [0.5, 0.6) is 5.75 Å². The minimum absolute atomic E-state index is 0.124. The average Bonchev–Trinajstić information content (AvgIpc) is 2.92. The van der Waals surface area contributed by atoms with E-state index in [-0.39, 0.29) is 24.4 Å². The number of nitrogens with zero attached hydrogens (tertiary/aromatic N) is 2. The molecule has 1 atom stereocenters. The molecule has 0 bridgehead atoms. The largest absolute Gasteiger partial charge is 0.490 e. The van der Waals surface area contributed by atoms with Gasteiger partial charge in [0.2, 0.25) is 5.91 Å². The van der Waals surface area contributed by atoms with E-state index in [0.717, 1.165) is 0 Å². The number of carboxylic acids is 1. The van der Waals surface area contributed by atoms with Gasteiger partial charge in [0.15, 0.2) is 0 Å². The summed E-state index contributed by atoms with van der Waals surface area (Å²) in [6.45, 7) is 2.86. The zero-order valence-electron chi connectivity index (χ0n) is 16.4. The molecule has 1 aliphatic rings.